The molecule has 0 bridgehead atoms. The van der Waals surface area contributed by atoms with E-state index < -0.39 is 17.7 Å². The van der Waals surface area contributed by atoms with Crippen LogP contribution in [0.4, 0.5) is 4.39 Å². The number of Topliss-reactive ketones (excluding diaryl/α,β-unsaturated/α-hetero) is 2. The van der Waals surface area contributed by atoms with Gasteiger partial charge in [-0.1, -0.05) is 37.9 Å². The van der Waals surface area contributed by atoms with Crippen LogP contribution in [0, 0.1) is 0 Å². The average molecular weight is 338 g/mol. The van der Waals surface area contributed by atoms with Crippen molar-refractivity contribution in [2.75, 3.05) is 0 Å². The molecule has 0 saturated heterocycles. The summed E-state index contributed by atoms with van der Waals surface area (Å²) in [4.78, 5) is 22.3. The number of benzene rings is 1. The summed E-state index contributed by atoms with van der Waals surface area (Å²) in [5, 5.41) is 0. The lowest BCUT2D eigenvalue weighted by Gasteiger charge is -2.07. The number of ketones is 2. The van der Waals surface area contributed by atoms with E-state index >= 15 is 0 Å². The van der Waals surface area contributed by atoms with E-state index in [4.69, 9.17) is 0 Å². The Hall–Kier alpha value is -0.550. The van der Waals surface area contributed by atoms with E-state index in [0.29, 0.717) is 8.95 Å². The second-order valence-electron chi connectivity index (χ2n) is 2.93. The number of carbonyl (C=O) groups excluding carboxylic acids is 2. The lowest BCUT2D eigenvalue weighted by Crippen LogP contribution is -2.24. The lowest BCUT2D eigenvalue weighted by molar-refractivity contribution is -0.120. The van der Waals surface area contributed by atoms with Crippen LogP contribution in [0.2, 0.25) is 0 Å². The third-order valence-corrected chi connectivity index (χ3v) is 3.12. The van der Waals surface area contributed by atoms with Crippen LogP contribution in [-0.2, 0) is 4.79 Å². The zero-order chi connectivity index (χ0) is 11.6. The molecule has 5 heteroatoms. The number of alkyl halides is 1. The minimum atomic E-state index is -2.10. The Morgan fingerprint density at radius 1 is 1.27 bits per heavy atom. The lowest BCUT2D eigenvalue weighted by atomic mass is 10.1. The summed E-state index contributed by atoms with van der Waals surface area (Å²) < 4.78 is 14.2. The van der Waals surface area contributed by atoms with Crippen LogP contribution in [-0.4, -0.2) is 17.7 Å². The molecular formula is C10H7Br2FO2. The maximum absolute atomic E-state index is 13.2. The highest BCUT2D eigenvalue weighted by atomic mass is 79.9. The van der Waals surface area contributed by atoms with Crippen LogP contribution in [0.1, 0.15) is 17.3 Å². The second-order valence-corrected chi connectivity index (χ2v) is 4.64. The van der Waals surface area contributed by atoms with Crippen LogP contribution in [0.5, 0.6) is 0 Å². The van der Waals surface area contributed by atoms with Crippen LogP contribution >= 0.6 is 31.9 Å². The van der Waals surface area contributed by atoms with Gasteiger partial charge in [0, 0.05) is 14.5 Å². The smallest absolute Gasteiger partial charge is 0.220 e. The monoisotopic (exact) mass is 336 g/mol. The molecule has 1 aromatic rings. The Morgan fingerprint density at radius 3 is 2.13 bits per heavy atom. The minimum absolute atomic E-state index is 0.153. The van der Waals surface area contributed by atoms with E-state index in [0.717, 1.165) is 6.92 Å². The fourth-order valence-corrected chi connectivity index (χ4v) is 2.43. The largest absolute Gasteiger partial charge is 0.296 e. The highest BCUT2D eigenvalue weighted by Crippen LogP contribution is 2.27. The third kappa shape index (κ3) is 2.72. The Bertz CT molecular complexity index is 398. The van der Waals surface area contributed by atoms with E-state index in [1.807, 2.05) is 0 Å². The second kappa shape index (κ2) is 4.99. The molecule has 1 unspecified atom stereocenters. The first kappa shape index (κ1) is 12.5. The molecule has 1 rings (SSSR count). The molecule has 2 nitrogen and oxygen atoms in total. The van der Waals surface area contributed by atoms with Crippen molar-refractivity contribution in [1.82, 2.24) is 0 Å². The first-order valence-corrected chi connectivity index (χ1v) is 5.66. The van der Waals surface area contributed by atoms with Gasteiger partial charge in [0.2, 0.25) is 12.0 Å². The van der Waals surface area contributed by atoms with Crippen molar-refractivity contribution in [2.24, 2.45) is 0 Å². The Kier molecular flexibility index (Phi) is 4.16. The zero-order valence-corrected chi connectivity index (χ0v) is 10.9. The van der Waals surface area contributed by atoms with Crippen LogP contribution in [0.3, 0.4) is 0 Å². The van der Waals surface area contributed by atoms with Crippen molar-refractivity contribution < 1.29 is 14.0 Å². The molecule has 0 aliphatic rings. The number of halogens is 3. The average Bonchev–Trinajstić information content (AvgIpc) is 2.15. The van der Waals surface area contributed by atoms with Gasteiger partial charge in [-0.25, -0.2) is 4.39 Å². The molecular weight excluding hydrogens is 331 g/mol. The van der Waals surface area contributed by atoms with Crippen LogP contribution in [0.15, 0.2) is 27.1 Å². The van der Waals surface area contributed by atoms with Crippen molar-refractivity contribution in [2.45, 2.75) is 13.1 Å². The van der Waals surface area contributed by atoms with Gasteiger partial charge in [-0.3, -0.25) is 9.59 Å². The first-order valence-electron chi connectivity index (χ1n) is 4.08. The Balaban J connectivity index is 3.17. The van der Waals surface area contributed by atoms with Crippen molar-refractivity contribution in [3.05, 3.63) is 32.7 Å². The minimum Gasteiger partial charge on any atom is -0.296 e. The summed E-state index contributed by atoms with van der Waals surface area (Å²) in [6.07, 6.45) is -2.10. The number of carbonyl (C=O) groups is 2. The predicted molar refractivity (Wildman–Crippen MR) is 61.7 cm³/mol. The molecule has 0 aliphatic carbocycles. The number of hydrogen-bond donors (Lipinski definition) is 0. The summed E-state index contributed by atoms with van der Waals surface area (Å²) >= 11 is 6.27. The fourth-order valence-electron chi connectivity index (χ4n) is 1.04. The number of hydrogen-bond acceptors (Lipinski definition) is 2. The Labute approximate surface area is 103 Å². The highest BCUT2D eigenvalue weighted by Gasteiger charge is 2.26. The van der Waals surface area contributed by atoms with Gasteiger partial charge in [0.05, 0.1) is 0 Å². The maximum atomic E-state index is 13.2. The van der Waals surface area contributed by atoms with E-state index in [-0.39, 0.29) is 5.56 Å². The molecule has 0 heterocycles. The molecule has 0 N–H and O–H groups in total. The quantitative estimate of drug-likeness (QED) is 0.626. The van der Waals surface area contributed by atoms with Gasteiger partial charge in [0.15, 0.2) is 5.78 Å². The molecule has 0 saturated carbocycles. The predicted octanol–water partition coefficient (Wildman–Crippen LogP) is 3.32. The summed E-state index contributed by atoms with van der Waals surface area (Å²) in [7, 11) is 0. The molecule has 0 fully saturated rings. The summed E-state index contributed by atoms with van der Waals surface area (Å²) in [5.74, 6) is -1.62. The molecule has 80 valence electrons. The van der Waals surface area contributed by atoms with Crippen molar-refractivity contribution in [1.29, 1.82) is 0 Å². The first-order chi connectivity index (χ1) is 6.95. The number of rotatable bonds is 3. The Morgan fingerprint density at radius 2 is 1.73 bits per heavy atom. The van der Waals surface area contributed by atoms with E-state index in [1.165, 1.54) is 0 Å². The van der Waals surface area contributed by atoms with Gasteiger partial charge in [-0.15, -0.1) is 0 Å². The molecule has 1 atom stereocenters. The van der Waals surface area contributed by atoms with Gasteiger partial charge in [-0.2, -0.15) is 0 Å². The summed E-state index contributed by atoms with van der Waals surface area (Å²) in [6.45, 7) is 1.05. The molecule has 1 aromatic carbocycles. The van der Waals surface area contributed by atoms with Crippen LogP contribution < -0.4 is 0 Å². The SMILES string of the molecule is CC(=O)C(F)C(=O)c1c(Br)cccc1Br. The van der Waals surface area contributed by atoms with Gasteiger partial charge >= 0.3 is 0 Å². The molecule has 0 spiro atoms. The molecule has 0 aromatic heterocycles. The van der Waals surface area contributed by atoms with E-state index in [2.05, 4.69) is 31.9 Å². The van der Waals surface area contributed by atoms with E-state index in [9.17, 15) is 14.0 Å². The third-order valence-electron chi connectivity index (χ3n) is 1.80. The maximum Gasteiger partial charge on any atom is 0.220 e. The summed E-state index contributed by atoms with van der Waals surface area (Å²) in [6, 6.07) is 4.93. The van der Waals surface area contributed by atoms with E-state index in [1.54, 1.807) is 18.2 Å². The van der Waals surface area contributed by atoms with Crippen molar-refractivity contribution >= 4 is 43.4 Å². The van der Waals surface area contributed by atoms with Gasteiger partial charge in [0.1, 0.15) is 0 Å². The standard InChI is InChI=1S/C10H7Br2FO2/c1-5(14)9(13)10(15)8-6(11)3-2-4-7(8)12/h2-4,9H,1H3. The highest BCUT2D eigenvalue weighted by molar-refractivity contribution is 9.11. The molecule has 0 amide bonds. The fraction of sp³-hybridized carbons (Fsp3) is 0.200. The summed E-state index contributed by atoms with van der Waals surface area (Å²) in [5.41, 5.74) is 0.153. The van der Waals surface area contributed by atoms with Crippen molar-refractivity contribution in [3.63, 3.8) is 0 Å². The van der Waals surface area contributed by atoms with Crippen molar-refractivity contribution in [3.8, 4) is 0 Å². The van der Waals surface area contributed by atoms with Gasteiger partial charge in [-0.05, 0) is 19.1 Å². The molecule has 0 radical (unpaired) electrons. The van der Waals surface area contributed by atoms with Gasteiger partial charge in [0.25, 0.3) is 0 Å². The normalized spacial score (nSPS) is 12.3. The molecule has 0 aliphatic heterocycles. The van der Waals surface area contributed by atoms with Crippen LogP contribution in [0.25, 0.3) is 0 Å². The van der Waals surface area contributed by atoms with Gasteiger partial charge < -0.3 is 0 Å². The molecule has 15 heavy (non-hydrogen) atoms. The topological polar surface area (TPSA) is 34.1 Å². The zero-order valence-electron chi connectivity index (χ0n) is 7.76.